The molecule has 2 aromatic carbocycles. The number of ketones is 2. The molecule has 11 heteroatoms. The van der Waals surface area contributed by atoms with Gasteiger partial charge in [-0.15, -0.1) is 36.4 Å². The van der Waals surface area contributed by atoms with Gasteiger partial charge >= 0.3 is 0 Å². The number of fused-ring (bicyclic) bond motifs is 2. The third-order valence-corrected chi connectivity index (χ3v) is 6.85. The number of phenolic OH excluding ortho intramolecular Hbond substituents is 2. The van der Waals surface area contributed by atoms with Crippen molar-refractivity contribution in [3.05, 3.63) is 46.5 Å². The van der Waals surface area contributed by atoms with Crippen LogP contribution in [0.25, 0.3) is 0 Å². The number of halogens is 3. The van der Waals surface area contributed by atoms with E-state index in [1.807, 2.05) is 19.0 Å². The molecule has 198 valence electrons. The number of piperidine rings is 1. The predicted octanol–water partition coefficient (Wildman–Crippen LogP) is 3.81. The van der Waals surface area contributed by atoms with Crippen molar-refractivity contribution in [3.63, 3.8) is 0 Å². The summed E-state index contributed by atoms with van der Waals surface area (Å²) in [5.74, 6) is -1.62. The molecule has 1 saturated heterocycles. The maximum atomic E-state index is 13.6. The third kappa shape index (κ3) is 6.18. The fourth-order valence-corrected chi connectivity index (χ4v) is 4.74. The van der Waals surface area contributed by atoms with Gasteiger partial charge < -0.3 is 30.6 Å². The van der Waals surface area contributed by atoms with Crippen LogP contribution < -0.4 is 10.6 Å². The second-order valence-electron chi connectivity index (χ2n) is 9.10. The molecule has 0 radical (unpaired) electrons. The zero-order valence-corrected chi connectivity index (χ0v) is 22.7. The van der Waals surface area contributed by atoms with E-state index in [9.17, 15) is 19.8 Å². The number of likely N-dealkylation sites (N-methyl/N-ethyl adjacent to an activating group) is 1. The molecule has 0 unspecified atom stereocenters. The molecule has 0 bridgehead atoms. The molecular formula is C25H33Cl3N4O4. The maximum Gasteiger partial charge on any atom is 0.200 e. The second-order valence-corrected chi connectivity index (χ2v) is 9.71. The molecule has 1 fully saturated rings. The highest BCUT2D eigenvalue weighted by atomic mass is 35.5. The van der Waals surface area contributed by atoms with Crippen molar-refractivity contribution in [2.45, 2.75) is 18.2 Å². The van der Waals surface area contributed by atoms with E-state index >= 15 is 0 Å². The largest absolute Gasteiger partial charge is 0.507 e. The summed E-state index contributed by atoms with van der Waals surface area (Å²) in [5.41, 5.74) is 1.17. The van der Waals surface area contributed by atoms with Crippen molar-refractivity contribution in [1.29, 1.82) is 0 Å². The number of nitrogens with zero attached hydrogens (tertiary/aromatic N) is 2. The van der Waals surface area contributed by atoms with Crippen LogP contribution >= 0.6 is 36.4 Å². The Morgan fingerprint density at radius 3 is 1.81 bits per heavy atom. The summed E-state index contributed by atoms with van der Waals surface area (Å²) in [6.07, 6.45) is 1.91. The van der Waals surface area contributed by atoms with Crippen LogP contribution in [-0.2, 0) is 0 Å². The van der Waals surface area contributed by atoms with Gasteiger partial charge in [0.25, 0.3) is 0 Å². The Labute approximate surface area is 228 Å². The van der Waals surface area contributed by atoms with Crippen LogP contribution in [-0.4, -0.2) is 90.3 Å². The van der Waals surface area contributed by atoms with E-state index in [0.29, 0.717) is 24.5 Å². The van der Waals surface area contributed by atoms with Gasteiger partial charge in [0.15, 0.2) is 0 Å². The Kier molecular flexibility index (Phi) is 10.7. The Hall–Kier alpha value is -2.23. The SMILES string of the molecule is CN(C)CCNc1ccc(NCCN2CCC(Cl)CC2)c2c1C(=O)c1c(O)ccc(O)c1C2=O.Cl.Cl. The molecule has 4 N–H and O–H groups in total. The number of phenols is 2. The van der Waals surface area contributed by atoms with Gasteiger partial charge in [-0.1, -0.05) is 0 Å². The van der Waals surface area contributed by atoms with Crippen LogP contribution in [0.15, 0.2) is 24.3 Å². The average molecular weight is 560 g/mol. The number of nitrogens with one attached hydrogen (secondary N) is 2. The number of aromatic hydroxyl groups is 2. The first-order chi connectivity index (χ1) is 16.3. The Bertz CT molecular complexity index is 1110. The van der Waals surface area contributed by atoms with E-state index in [-0.39, 0.29) is 63.9 Å². The number of alkyl halides is 1. The maximum absolute atomic E-state index is 13.6. The number of likely N-dealkylation sites (tertiary alicyclic amines) is 1. The Balaban J connectivity index is 0.00000228. The minimum Gasteiger partial charge on any atom is -0.507 e. The molecule has 36 heavy (non-hydrogen) atoms. The summed E-state index contributed by atoms with van der Waals surface area (Å²) < 4.78 is 0. The lowest BCUT2D eigenvalue weighted by atomic mass is 9.81. The molecule has 0 aromatic heterocycles. The molecule has 1 heterocycles. The molecule has 1 aliphatic carbocycles. The van der Waals surface area contributed by atoms with E-state index in [1.165, 1.54) is 12.1 Å². The fourth-order valence-electron chi connectivity index (χ4n) is 4.55. The first-order valence-corrected chi connectivity index (χ1v) is 12.0. The van der Waals surface area contributed by atoms with Gasteiger partial charge in [0.1, 0.15) is 11.5 Å². The minimum atomic E-state index is -0.488. The molecule has 8 nitrogen and oxygen atoms in total. The molecule has 2 aliphatic rings. The smallest absolute Gasteiger partial charge is 0.200 e. The van der Waals surface area contributed by atoms with Gasteiger partial charge in [-0.2, -0.15) is 0 Å². The second kappa shape index (κ2) is 12.8. The quantitative estimate of drug-likeness (QED) is 0.244. The highest BCUT2D eigenvalue weighted by Gasteiger charge is 2.38. The van der Waals surface area contributed by atoms with Gasteiger partial charge in [0.05, 0.1) is 22.3 Å². The molecule has 0 atom stereocenters. The standard InChI is InChI=1S/C25H31ClN4O4.2ClH/c1-29(2)13-9-27-16-3-4-17(28-10-14-30-11-7-15(26)8-12-30)21-20(16)24(33)22-18(31)5-6-19(32)23(22)25(21)34;;/h3-6,15,27-28,31-32H,7-14H2,1-2H3;2*1H. The van der Waals surface area contributed by atoms with Crippen molar-refractivity contribution in [3.8, 4) is 11.5 Å². The highest BCUT2D eigenvalue weighted by molar-refractivity contribution is 6.33. The van der Waals surface area contributed by atoms with E-state index in [2.05, 4.69) is 15.5 Å². The monoisotopic (exact) mass is 558 g/mol. The van der Waals surface area contributed by atoms with Gasteiger partial charge in [-0.3, -0.25) is 9.59 Å². The topological polar surface area (TPSA) is 105 Å². The zero-order chi connectivity index (χ0) is 24.4. The Morgan fingerprint density at radius 2 is 1.33 bits per heavy atom. The number of anilines is 2. The Morgan fingerprint density at radius 1 is 0.861 bits per heavy atom. The first kappa shape index (κ1) is 30.0. The molecule has 1 aliphatic heterocycles. The number of hydrogen-bond acceptors (Lipinski definition) is 8. The summed E-state index contributed by atoms with van der Waals surface area (Å²) in [6.45, 7) is 4.54. The van der Waals surface area contributed by atoms with Gasteiger partial charge in [0, 0.05) is 42.9 Å². The number of carbonyl (C=O) groups is 2. The number of hydrogen-bond donors (Lipinski definition) is 4. The molecule has 4 rings (SSSR count). The summed E-state index contributed by atoms with van der Waals surface area (Å²) in [5, 5.41) is 27.6. The van der Waals surface area contributed by atoms with Crippen molar-refractivity contribution in [2.75, 3.05) is 64.0 Å². The van der Waals surface area contributed by atoms with Crippen molar-refractivity contribution < 1.29 is 19.8 Å². The lowest BCUT2D eigenvalue weighted by Gasteiger charge is -2.29. The average Bonchev–Trinajstić information content (AvgIpc) is 2.80. The summed E-state index contributed by atoms with van der Waals surface area (Å²) in [6, 6.07) is 6.04. The van der Waals surface area contributed by atoms with Gasteiger partial charge in [0.2, 0.25) is 11.6 Å². The normalized spacial score (nSPS) is 15.6. The number of carbonyl (C=O) groups excluding carboxylic acids is 2. The van der Waals surface area contributed by atoms with Crippen LogP contribution in [0.3, 0.4) is 0 Å². The van der Waals surface area contributed by atoms with Crippen LogP contribution in [0, 0.1) is 0 Å². The lowest BCUT2D eigenvalue weighted by molar-refractivity contribution is 0.0975. The van der Waals surface area contributed by atoms with E-state index in [1.54, 1.807) is 12.1 Å². The van der Waals surface area contributed by atoms with E-state index in [4.69, 9.17) is 11.6 Å². The zero-order valence-electron chi connectivity index (χ0n) is 20.3. The molecule has 0 spiro atoms. The molecule has 2 aromatic rings. The van der Waals surface area contributed by atoms with Crippen molar-refractivity contribution in [2.24, 2.45) is 0 Å². The van der Waals surface area contributed by atoms with Crippen LogP contribution in [0.1, 0.15) is 44.7 Å². The third-order valence-electron chi connectivity index (χ3n) is 6.41. The first-order valence-electron chi connectivity index (χ1n) is 11.6. The summed E-state index contributed by atoms with van der Waals surface area (Å²) in [4.78, 5) is 31.4. The molecule has 0 amide bonds. The number of benzene rings is 2. The molecular weight excluding hydrogens is 527 g/mol. The fraction of sp³-hybridized carbons (Fsp3) is 0.440. The van der Waals surface area contributed by atoms with Crippen LogP contribution in [0.4, 0.5) is 11.4 Å². The predicted molar refractivity (Wildman–Crippen MR) is 148 cm³/mol. The van der Waals surface area contributed by atoms with Crippen LogP contribution in [0.2, 0.25) is 0 Å². The highest BCUT2D eigenvalue weighted by Crippen LogP contribution is 2.42. The van der Waals surface area contributed by atoms with E-state index < -0.39 is 11.6 Å². The molecule has 0 saturated carbocycles. The van der Waals surface area contributed by atoms with E-state index in [0.717, 1.165) is 39.0 Å². The van der Waals surface area contributed by atoms with Crippen LogP contribution in [0.5, 0.6) is 11.5 Å². The van der Waals surface area contributed by atoms with Crippen molar-refractivity contribution in [1.82, 2.24) is 9.80 Å². The lowest BCUT2D eigenvalue weighted by Crippen LogP contribution is -2.37. The summed E-state index contributed by atoms with van der Waals surface area (Å²) in [7, 11) is 3.90. The number of rotatable bonds is 8. The minimum absolute atomic E-state index is 0. The van der Waals surface area contributed by atoms with Gasteiger partial charge in [-0.25, -0.2) is 0 Å². The van der Waals surface area contributed by atoms with Gasteiger partial charge in [-0.05, 0) is 64.3 Å². The van der Waals surface area contributed by atoms with Crippen molar-refractivity contribution >= 4 is 59.4 Å². The summed E-state index contributed by atoms with van der Waals surface area (Å²) >= 11 is 6.20.